The highest BCUT2D eigenvalue weighted by Gasteiger charge is 2.21. The molecule has 2 aromatic carbocycles. The van der Waals surface area contributed by atoms with E-state index in [1.807, 2.05) is 6.07 Å². The molecule has 0 radical (unpaired) electrons. The predicted molar refractivity (Wildman–Crippen MR) is 99.5 cm³/mol. The lowest BCUT2D eigenvalue weighted by atomic mass is 10.1. The minimum Gasteiger partial charge on any atom is -0.508 e. The monoisotopic (exact) mass is 419 g/mol. The van der Waals surface area contributed by atoms with Crippen LogP contribution in [0.5, 0.6) is 5.75 Å². The fourth-order valence-electron chi connectivity index (χ4n) is 2.47. The molecule has 0 aliphatic heterocycles. The van der Waals surface area contributed by atoms with Crippen LogP contribution < -0.4 is 0 Å². The molecular weight excluding hydrogens is 406 g/mol. The zero-order chi connectivity index (χ0) is 17.8. The third kappa shape index (κ3) is 4.24. The van der Waals surface area contributed by atoms with E-state index in [4.69, 9.17) is 16.0 Å². The third-order valence-electron chi connectivity index (χ3n) is 3.73. The Hall–Kier alpha value is -2.24. The second-order valence-electron chi connectivity index (χ2n) is 5.49. The fourth-order valence-corrected chi connectivity index (χ4v) is 3.03. The van der Waals surface area contributed by atoms with Gasteiger partial charge >= 0.3 is 0 Å². The third-order valence-corrected chi connectivity index (χ3v) is 4.55. The first-order chi connectivity index (χ1) is 12.0. The predicted octanol–water partition coefficient (Wildman–Crippen LogP) is 5.24. The Bertz CT molecular complexity index is 880. The highest BCUT2D eigenvalue weighted by atomic mass is 79.9. The molecule has 6 heteroatoms. The van der Waals surface area contributed by atoms with Crippen molar-refractivity contribution in [3.8, 4) is 5.75 Å². The number of nitrogens with zero attached hydrogens (tertiary/aromatic N) is 1. The molecular formula is C19H15BrClNO3. The number of para-hydroxylation sites is 1. The molecule has 0 atom stereocenters. The van der Waals surface area contributed by atoms with Gasteiger partial charge in [0.1, 0.15) is 11.5 Å². The van der Waals surface area contributed by atoms with E-state index in [1.54, 1.807) is 59.7 Å². The van der Waals surface area contributed by atoms with Crippen molar-refractivity contribution in [2.75, 3.05) is 0 Å². The van der Waals surface area contributed by atoms with Gasteiger partial charge < -0.3 is 14.4 Å². The number of phenolic OH excluding ortho intramolecular Hbond substituents is 1. The van der Waals surface area contributed by atoms with Gasteiger partial charge in [-0.15, -0.1) is 0 Å². The van der Waals surface area contributed by atoms with Crippen LogP contribution in [0, 0.1) is 0 Å². The van der Waals surface area contributed by atoms with Crippen LogP contribution in [0.15, 0.2) is 69.8 Å². The summed E-state index contributed by atoms with van der Waals surface area (Å²) in [5, 5.41) is 10.4. The van der Waals surface area contributed by atoms with Crippen LogP contribution in [-0.2, 0) is 13.1 Å². The summed E-state index contributed by atoms with van der Waals surface area (Å²) in [4.78, 5) is 14.6. The Morgan fingerprint density at radius 2 is 1.92 bits per heavy atom. The molecule has 128 valence electrons. The van der Waals surface area contributed by atoms with Gasteiger partial charge in [-0.25, -0.2) is 0 Å². The molecule has 0 aliphatic rings. The highest BCUT2D eigenvalue weighted by molar-refractivity contribution is 9.10. The number of phenols is 1. The van der Waals surface area contributed by atoms with Crippen molar-refractivity contribution < 1.29 is 14.3 Å². The lowest BCUT2D eigenvalue weighted by Crippen LogP contribution is -2.30. The fraction of sp³-hybridized carbons (Fsp3) is 0.105. The quantitative estimate of drug-likeness (QED) is 0.614. The topological polar surface area (TPSA) is 53.7 Å². The number of hydrogen-bond donors (Lipinski definition) is 1. The van der Waals surface area contributed by atoms with Gasteiger partial charge in [0.2, 0.25) is 0 Å². The summed E-state index contributed by atoms with van der Waals surface area (Å²) in [6, 6.07) is 15.6. The molecule has 0 aliphatic carbocycles. The van der Waals surface area contributed by atoms with Gasteiger partial charge in [0.15, 0.2) is 0 Å². The molecule has 4 nitrogen and oxygen atoms in total. The van der Waals surface area contributed by atoms with Crippen molar-refractivity contribution in [2.24, 2.45) is 0 Å². The molecule has 1 amide bonds. The molecule has 0 spiro atoms. The number of carbonyl (C=O) groups excluding carboxylic acids is 1. The largest absolute Gasteiger partial charge is 0.508 e. The number of amides is 1. The standard InChI is InChI=1S/C19H15BrClNO3/c20-14-7-8-17(21)16(10-14)19(24)22(12-15-5-3-9-25-15)11-13-4-1-2-6-18(13)23/h1-10,23H,11-12H2. The molecule has 1 heterocycles. The number of aromatic hydroxyl groups is 1. The van der Waals surface area contributed by atoms with Gasteiger partial charge in [0.05, 0.1) is 29.9 Å². The van der Waals surface area contributed by atoms with Crippen LogP contribution in [0.3, 0.4) is 0 Å². The lowest BCUT2D eigenvalue weighted by Gasteiger charge is -2.23. The maximum absolute atomic E-state index is 13.1. The Balaban J connectivity index is 1.94. The summed E-state index contributed by atoms with van der Waals surface area (Å²) in [5.41, 5.74) is 1.03. The van der Waals surface area contributed by atoms with E-state index in [1.165, 1.54) is 0 Å². The molecule has 0 bridgehead atoms. The molecule has 3 aromatic rings. The average Bonchev–Trinajstić information content (AvgIpc) is 3.11. The zero-order valence-corrected chi connectivity index (χ0v) is 15.5. The molecule has 25 heavy (non-hydrogen) atoms. The van der Waals surface area contributed by atoms with Gasteiger partial charge in [-0.2, -0.15) is 0 Å². The van der Waals surface area contributed by atoms with Gasteiger partial charge in [0, 0.05) is 10.0 Å². The van der Waals surface area contributed by atoms with E-state index in [2.05, 4.69) is 15.9 Å². The maximum Gasteiger partial charge on any atom is 0.256 e. The summed E-state index contributed by atoms with van der Waals surface area (Å²) in [6.45, 7) is 0.498. The van der Waals surface area contributed by atoms with Crippen LogP contribution in [-0.4, -0.2) is 15.9 Å². The summed E-state index contributed by atoms with van der Waals surface area (Å²) in [6.07, 6.45) is 1.56. The molecule has 0 saturated carbocycles. The molecule has 3 rings (SSSR count). The number of rotatable bonds is 5. The summed E-state index contributed by atoms with van der Waals surface area (Å²) < 4.78 is 6.14. The summed E-state index contributed by atoms with van der Waals surface area (Å²) in [7, 11) is 0. The highest BCUT2D eigenvalue weighted by Crippen LogP contribution is 2.25. The second-order valence-corrected chi connectivity index (χ2v) is 6.82. The van der Waals surface area contributed by atoms with Crippen molar-refractivity contribution in [3.63, 3.8) is 0 Å². The van der Waals surface area contributed by atoms with E-state index >= 15 is 0 Å². The summed E-state index contributed by atoms with van der Waals surface area (Å²) in [5.74, 6) is 0.543. The molecule has 0 unspecified atom stereocenters. The minimum absolute atomic E-state index is 0.139. The van der Waals surface area contributed by atoms with Crippen LogP contribution in [0.1, 0.15) is 21.7 Å². The number of halogens is 2. The SMILES string of the molecule is O=C(c1cc(Br)ccc1Cl)N(Cc1ccco1)Cc1ccccc1O. The molecule has 1 N–H and O–H groups in total. The van der Waals surface area contributed by atoms with Crippen LogP contribution >= 0.6 is 27.5 Å². The Morgan fingerprint density at radius 1 is 1.12 bits per heavy atom. The van der Waals surface area contributed by atoms with Crippen molar-refractivity contribution in [2.45, 2.75) is 13.1 Å². The van der Waals surface area contributed by atoms with E-state index in [0.717, 1.165) is 4.47 Å². The van der Waals surface area contributed by atoms with Gasteiger partial charge in [0.25, 0.3) is 5.91 Å². The Kier molecular flexibility index (Phi) is 5.46. The van der Waals surface area contributed by atoms with Crippen LogP contribution in [0.4, 0.5) is 0 Å². The average molecular weight is 421 g/mol. The van der Waals surface area contributed by atoms with E-state index in [-0.39, 0.29) is 24.7 Å². The number of carbonyl (C=O) groups is 1. The first-order valence-electron chi connectivity index (χ1n) is 7.58. The molecule has 0 saturated heterocycles. The van der Waals surface area contributed by atoms with Crippen LogP contribution in [0.25, 0.3) is 0 Å². The Labute approximate surface area is 158 Å². The number of benzene rings is 2. The second kappa shape index (κ2) is 7.76. The summed E-state index contributed by atoms with van der Waals surface area (Å²) >= 11 is 9.58. The molecule has 0 fully saturated rings. The first-order valence-corrected chi connectivity index (χ1v) is 8.75. The number of furan rings is 1. The smallest absolute Gasteiger partial charge is 0.256 e. The van der Waals surface area contributed by atoms with Crippen molar-refractivity contribution in [3.05, 3.63) is 87.2 Å². The normalized spacial score (nSPS) is 10.6. The van der Waals surface area contributed by atoms with E-state index < -0.39 is 0 Å². The van der Waals surface area contributed by atoms with E-state index in [0.29, 0.717) is 21.9 Å². The van der Waals surface area contributed by atoms with Gasteiger partial charge in [-0.3, -0.25) is 4.79 Å². The number of hydrogen-bond acceptors (Lipinski definition) is 3. The minimum atomic E-state index is -0.244. The van der Waals surface area contributed by atoms with Gasteiger partial charge in [-0.05, 0) is 36.4 Å². The zero-order valence-electron chi connectivity index (χ0n) is 13.2. The molecule has 1 aromatic heterocycles. The van der Waals surface area contributed by atoms with Crippen molar-refractivity contribution in [1.29, 1.82) is 0 Å². The van der Waals surface area contributed by atoms with Crippen LogP contribution in [0.2, 0.25) is 5.02 Å². The first kappa shape index (κ1) is 17.6. The maximum atomic E-state index is 13.1. The Morgan fingerprint density at radius 3 is 2.64 bits per heavy atom. The van der Waals surface area contributed by atoms with Gasteiger partial charge in [-0.1, -0.05) is 45.7 Å². The van der Waals surface area contributed by atoms with E-state index in [9.17, 15) is 9.90 Å². The van der Waals surface area contributed by atoms with Crippen molar-refractivity contribution in [1.82, 2.24) is 4.90 Å². The lowest BCUT2D eigenvalue weighted by molar-refractivity contribution is 0.0716. The van der Waals surface area contributed by atoms with Crippen molar-refractivity contribution >= 4 is 33.4 Å².